The van der Waals surface area contributed by atoms with Gasteiger partial charge in [-0.25, -0.2) is 4.79 Å². The number of unbranched alkanes of at least 4 members (excludes halogenated alkanes) is 3. The van der Waals surface area contributed by atoms with Gasteiger partial charge >= 0.3 is 6.09 Å². The second-order valence-corrected chi connectivity index (χ2v) is 14.3. The van der Waals surface area contributed by atoms with Gasteiger partial charge in [0.05, 0.1) is 0 Å². The first-order valence-electron chi connectivity index (χ1n) is 10.7. The van der Waals surface area contributed by atoms with Gasteiger partial charge in [-0.05, 0) is 51.5 Å². The molecular formula is C21H46N2O3Si. The molecule has 1 atom stereocenters. The van der Waals surface area contributed by atoms with Crippen LogP contribution in [-0.4, -0.2) is 69.2 Å². The average Bonchev–Trinajstić information content (AvgIpc) is 2.53. The lowest BCUT2D eigenvalue weighted by molar-refractivity contribution is 0.109. The minimum atomic E-state index is -1.73. The van der Waals surface area contributed by atoms with Gasteiger partial charge in [0.25, 0.3) is 0 Å². The maximum atomic E-state index is 11.8. The summed E-state index contributed by atoms with van der Waals surface area (Å²) in [5.74, 6) is 0. The van der Waals surface area contributed by atoms with E-state index in [1.807, 2.05) is 19.0 Å². The number of likely N-dealkylation sites (N-methyl/N-ethyl adjacent to an activating group) is 1. The third kappa shape index (κ3) is 11.1. The lowest BCUT2D eigenvalue weighted by Crippen LogP contribution is -2.44. The molecule has 0 aromatic carbocycles. The Balaban J connectivity index is 4.75. The first-order valence-corrected chi connectivity index (χ1v) is 13.6. The molecule has 1 unspecified atom stereocenters. The van der Waals surface area contributed by atoms with E-state index < -0.39 is 14.4 Å². The van der Waals surface area contributed by atoms with Gasteiger partial charge in [0.2, 0.25) is 0 Å². The summed E-state index contributed by atoms with van der Waals surface area (Å²) in [5.41, 5.74) is 0. The van der Waals surface area contributed by atoms with Crippen molar-refractivity contribution in [1.82, 2.24) is 9.80 Å². The Hall–Kier alpha value is -0.593. The van der Waals surface area contributed by atoms with E-state index in [-0.39, 0.29) is 11.1 Å². The topological polar surface area (TPSA) is 53.0 Å². The Bertz CT molecular complexity index is 409. The molecule has 0 spiro atoms. The zero-order valence-electron chi connectivity index (χ0n) is 19.3. The standard InChI is InChI=1S/C21H46N2O3Si/c1-9-10-11-12-14-19(23(20(24)25)17-16-22(5)6)15-13-18-26-27(7,8)21(2,3)4/h19H,9-18H2,1-8H3,(H,24,25). The number of nitrogens with zero attached hydrogens (tertiary/aromatic N) is 2. The molecule has 27 heavy (non-hydrogen) atoms. The van der Waals surface area contributed by atoms with Crippen molar-refractivity contribution in [2.75, 3.05) is 33.8 Å². The van der Waals surface area contributed by atoms with Gasteiger partial charge in [-0.1, -0.05) is 53.4 Å². The quantitative estimate of drug-likeness (QED) is 0.300. The Morgan fingerprint density at radius 2 is 1.63 bits per heavy atom. The van der Waals surface area contributed by atoms with Crippen molar-refractivity contribution in [3.63, 3.8) is 0 Å². The molecule has 0 fully saturated rings. The van der Waals surface area contributed by atoms with Gasteiger partial charge in [-0.15, -0.1) is 0 Å². The maximum absolute atomic E-state index is 11.8. The third-order valence-electron chi connectivity index (χ3n) is 5.82. The normalized spacial score (nSPS) is 13.8. The molecule has 0 aliphatic heterocycles. The van der Waals surface area contributed by atoms with Gasteiger partial charge in [-0.2, -0.15) is 0 Å². The molecule has 0 saturated heterocycles. The molecule has 0 rings (SSSR count). The number of carboxylic acid groups (broad SMARTS) is 1. The van der Waals surface area contributed by atoms with Crippen molar-refractivity contribution in [3.8, 4) is 0 Å². The molecule has 0 heterocycles. The first kappa shape index (κ1) is 26.4. The maximum Gasteiger partial charge on any atom is 0.407 e. The van der Waals surface area contributed by atoms with Gasteiger partial charge in [0.1, 0.15) is 0 Å². The fraction of sp³-hybridized carbons (Fsp3) is 0.952. The third-order valence-corrected chi connectivity index (χ3v) is 10.4. The van der Waals surface area contributed by atoms with Crippen LogP contribution >= 0.6 is 0 Å². The van der Waals surface area contributed by atoms with Gasteiger partial charge in [0.15, 0.2) is 8.32 Å². The summed E-state index contributed by atoms with van der Waals surface area (Å²) in [4.78, 5) is 15.6. The van der Waals surface area contributed by atoms with Crippen molar-refractivity contribution >= 4 is 14.4 Å². The molecular weight excluding hydrogens is 356 g/mol. The highest BCUT2D eigenvalue weighted by atomic mass is 28.4. The van der Waals surface area contributed by atoms with Crippen molar-refractivity contribution in [2.45, 2.75) is 96.8 Å². The second kappa shape index (κ2) is 12.8. The summed E-state index contributed by atoms with van der Waals surface area (Å²) in [6.07, 6.45) is 6.71. The number of amides is 1. The van der Waals surface area contributed by atoms with E-state index in [0.717, 1.165) is 38.8 Å². The predicted octanol–water partition coefficient (Wildman–Crippen LogP) is 5.67. The SMILES string of the molecule is CCCCCCC(CCCO[Si](C)(C)C(C)(C)C)N(CCN(C)C)C(=O)O. The molecule has 0 radical (unpaired) electrons. The molecule has 0 bridgehead atoms. The molecule has 1 N–H and O–H groups in total. The van der Waals surface area contributed by atoms with Gasteiger partial charge in [0, 0.05) is 25.7 Å². The summed E-state index contributed by atoms with van der Waals surface area (Å²) < 4.78 is 6.29. The second-order valence-electron chi connectivity index (χ2n) is 9.53. The molecule has 0 aliphatic rings. The molecule has 1 amide bonds. The molecule has 6 heteroatoms. The number of carbonyl (C=O) groups is 1. The largest absolute Gasteiger partial charge is 0.465 e. The molecule has 0 aromatic heterocycles. The van der Waals surface area contributed by atoms with Crippen LogP contribution in [0.25, 0.3) is 0 Å². The fourth-order valence-corrected chi connectivity index (χ4v) is 3.96. The zero-order chi connectivity index (χ0) is 21.1. The lowest BCUT2D eigenvalue weighted by Gasteiger charge is -2.36. The van der Waals surface area contributed by atoms with Gasteiger partial charge < -0.3 is 19.3 Å². The predicted molar refractivity (Wildman–Crippen MR) is 118 cm³/mol. The van der Waals surface area contributed by atoms with E-state index in [1.165, 1.54) is 19.3 Å². The Morgan fingerprint density at radius 1 is 1.04 bits per heavy atom. The lowest BCUT2D eigenvalue weighted by atomic mass is 10.0. The number of hydrogen-bond donors (Lipinski definition) is 1. The van der Waals surface area contributed by atoms with Crippen LogP contribution in [0.15, 0.2) is 0 Å². The van der Waals surface area contributed by atoms with Crippen LogP contribution in [0.5, 0.6) is 0 Å². The minimum Gasteiger partial charge on any atom is -0.465 e. The van der Waals surface area contributed by atoms with E-state index >= 15 is 0 Å². The summed E-state index contributed by atoms with van der Waals surface area (Å²) in [5, 5.41) is 9.95. The molecule has 0 saturated carbocycles. The Labute approximate surface area is 169 Å². The molecule has 162 valence electrons. The summed E-state index contributed by atoms with van der Waals surface area (Å²) in [7, 11) is 2.25. The smallest absolute Gasteiger partial charge is 0.407 e. The van der Waals surface area contributed by atoms with Crippen LogP contribution < -0.4 is 0 Å². The molecule has 5 nitrogen and oxygen atoms in total. The average molecular weight is 403 g/mol. The van der Waals surface area contributed by atoms with Crippen LogP contribution in [0.2, 0.25) is 18.1 Å². The molecule has 0 aliphatic carbocycles. The molecule has 0 aromatic rings. The zero-order valence-corrected chi connectivity index (χ0v) is 20.3. The van der Waals surface area contributed by atoms with E-state index in [2.05, 4.69) is 40.8 Å². The van der Waals surface area contributed by atoms with Crippen LogP contribution in [0.4, 0.5) is 4.79 Å². The first-order chi connectivity index (χ1) is 12.4. The van der Waals surface area contributed by atoms with Crippen molar-refractivity contribution < 1.29 is 14.3 Å². The van der Waals surface area contributed by atoms with Crippen LogP contribution in [0, 0.1) is 0 Å². The fourth-order valence-electron chi connectivity index (χ4n) is 2.87. The highest BCUT2D eigenvalue weighted by Gasteiger charge is 2.37. The highest BCUT2D eigenvalue weighted by Crippen LogP contribution is 2.36. The summed E-state index contributed by atoms with van der Waals surface area (Å²) in [6, 6.07) is 0.0994. The van der Waals surface area contributed by atoms with E-state index in [9.17, 15) is 9.90 Å². The van der Waals surface area contributed by atoms with Gasteiger partial charge in [-0.3, -0.25) is 0 Å². The van der Waals surface area contributed by atoms with E-state index in [1.54, 1.807) is 4.90 Å². The highest BCUT2D eigenvalue weighted by molar-refractivity contribution is 6.74. The van der Waals surface area contributed by atoms with Crippen LogP contribution in [0.3, 0.4) is 0 Å². The number of hydrogen-bond acceptors (Lipinski definition) is 3. The monoisotopic (exact) mass is 402 g/mol. The van der Waals surface area contributed by atoms with Crippen molar-refractivity contribution in [1.29, 1.82) is 0 Å². The summed E-state index contributed by atoms with van der Waals surface area (Å²) >= 11 is 0. The van der Waals surface area contributed by atoms with E-state index in [0.29, 0.717) is 6.54 Å². The van der Waals surface area contributed by atoms with E-state index in [4.69, 9.17) is 4.43 Å². The Morgan fingerprint density at radius 3 is 2.11 bits per heavy atom. The van der Waals surface area contributed by atoms with Crippen LogP contribution in [-0.2, 0) is 4.43 Å². The number of rotatable bonds is 14. The van der Waals surface area contributed by atoms with Crippen molar-refractivity contribution in [3.05, 3.63) is 0 Å². The summed E-state index contributed by atoms with van der Waals surface area (Å²) in [6.45, 7) is 15.6. The Kier molecular flexibility index (Phi) is 12.5. The van der Waals surface area contributed by atoms with Crippen LogP contribution in [0.1, 0.15) is 72.6 Å². The van der Waals surface area contributed by atoms with Crippen molar-refractivity contribution in [2.24, 2.45) is 0 Å². The minimum absolute atomic E-state index is 0.0994.